The van der Waals surface area contributed by atoms with Gasteiger partial charge in [0.05, 0.1) is 13.7 Å². The van der Waals surface area contributed by atoms with Gasteiger partial charge in [0.2, 0.25) is 0 Å². The summed E-state index contributed by atoms with van der Waals surface area (Å²) in [6.45, 7) is 4.00. The van der Waals surface area contributed by atoms with Crippen LogP contribution in [-0.4, -0.2) is 36.6 Å². The second-order valence-electron chi connectivity index (χ2n) is 4.89. The molecule has 2 aromatic rings. The first-order chi connectivity index (χ1) is 9.86. The standard InChI is InChI=1S/C15H19N3OS/c1-19-13-4-2-12(3-5-13)14-10-16-6-8-18(14)11-15-17-7-9-20-15/h2-5,7,9,14,16H,6,8,10-11H2,1H3/t14-/m1/s1. The lowest BCUT2D eigenvalue weighted by atomic mass is 10.0. The van der Waals surface area contributed by atoms with Crippen molar-refractivity contribution in [3.8, 4) is 5.75 Å². The second kappa shape index (κ2) is 6.35. The fourth-order valence-electron chi connectivity index (χ4n) is 2.60. The summed E-state index contributed by atoms with van der Waals surface area (Å²) in [6, 6.07) is 8.78. The van der Waals surface area contributed by atoms with Crippen LogP contribution in [0.15, 0.2) is 35.8 Å². The summed E-state index contributed by atoms with van der Waals surface area (Å²) in [5.74, 6) is 0.906. The lowest BCUT2D eigenvalue weighted by molar-refractivity contribution is 0.153. The number of rotatable bonds is 4. The van der Waals surface area contributed by atoms with Gasteiger partial charge in [-0.3, -0.25) is 4.90 Å². The maximum absolute atomic E-state index is 5.23. The number of hydrogen-bond acceptors (Lipinski definition) is 5. The molecule has 4 nitrogen and oxygen atoms in total. The molecule has 0 radical (unpaired) electrons. The van der Waals surface area contributed by atoms with E-state index >= 15 is 0 Å². The third kappa shape index (κ3) is 3.00. The summed E-state index contributed by atoms with van der Waals surface area (Å²) in [5.41, 5.74) is 1.33. The predicted molar refractivity (Wildman–Crippen MR) is 81.1 cm³/mol. The number of nitrogens with zero attached hydrogens (tertiary/aromatic N) is 2. The van der Waals surface area contributed by atoms with E-state index in [0.29, 0.717) is 6.04 Å². The van der Waals surface area contributed by atoms with Gasteiger partial charge in [-0.05, 0) is 17.7 Å². The smallest absolute Gasteiger partial charge is 0.118 e. The molecule has 0 saturated carbocycles. The van der Waals surface area contributed by atoms with Gasteiger partial charge in [0.1, 0.15) is 10.8 Å². The van der Waals surface area contributed by atoms with E-state index in [0.717, 1.165) is 31.9 Å². The van der Waals surface area contributed by atoms with Gasteiger partial charge in [-0.1, -0.05) is 12.1 Å². The van der Waals surface area contributed by atoms with E-state index in [1.54, 1.807) is 18.4 Å². The van der Waals surface area contributed by atoms with Crippen molar-refractivity contribution in [1.82, 2.24) is 15.2 Å². The van der Waals surface area contributed by atoms with Gasteiger partial charge in [0.25, 0.3) is 0 Å². The molecule has 1 aromatic carbocycles. The molecule has 106 valence electrons. The maximum Gasteiger partial charge on any atom is 0.118 e. The van der Waals surface area contributed by atoms with Crippen LogP contribution < -0.4 is 10.1 Å². The number of ether oxygens (including phenoxy) is 1. The summed E-state index contributed by atoms with van der Waals surface area (Å²) >= 11 is 1.73. The second-order valence-corrected chi connectivity index (χ2v) is 5.87. The number of hydrogen-bond donors (Lipinski definition) is 1. The van der Waals surface area contributed by atoms with E-state index in [4.69, 9.17) is 4.74 Å². The Hall–Kier alpha value is -1.43. The van der Waals surface area contributed by atoms with Gasteiger partial charge >= 0.3 is 0 Å². The highest BCUT2D eigenvalue weighted by molar-refractivity contribution is 7.09. The summed E-state index contributed by atoms with van der Waals surface area (Å²) in [7, 11) is 1.70. The van der Waals surface area contributed by atoms with Gasteiger partial charge in [-0.25, -0.2) is 4.98 Å². The number of nitrogens with one attached hydrogen (secondary N) is 1. The molecule has 1 aromatic heterocycles. The zero-order chi connectivity index (χ0) is 13.8. The number of piperazine rings is 1. The third-order valence-electron chi connectivity index (χ3n) is 3.68. The third-order valence-corrected chi connectivity index (χ3v) is 4.44. The Morgan fingerprint density at radius 2 is 2.25 bits per heavy atom. The number of benzene rings is 1. The lowest BCUT2D eigenvalue weighted by Crippen LogP contribution is -2.45. The Morgan fingerprint density at radius 1 is 1.40 bits per heavy atom. The highest BCUT2D eigenvalue weighted by atomic mass is 32.1. The van der Waals surface area contributed by atoms with Gasteiger partial charge in [0, 0.05) is 37.3 Å². The molecule has 0 aliphatic carbocycles. The van der Waals surface area contributed by atoms with Gasteiger partial charge in [0.15, 0.2) is 0 Å². The molecule has 0 unspecified atom stereocenters. The SMILES string of the molecule is COc1ccc([C@H]2CNCCN2Cc2nccs2)cc1. The first-order valence-corrected chi connectivity index (χ1v) is 7.72. The largest absolute Gasteiger partial charge is 0.497 e. The van der Waals surface area contributed by atoms with Crippen LogP contribution in [0.5, 0.6) is 5.75 Å². The van der Waals surface area contributed by atoms with Crippen LogP contribution in [0, 0.1) is 0 Å². The molecule has 2 heterocycles. The van der Waals surface area contributed by atoms with Crippen LogP contribution in [0.3, 0.4) is 0 Å². The van der Waals surface area contributed by atoms with E-state index in [-0.39, 0.29) is 0 Å². The number of methoxy groups -OCH3 is 1. The molecule has 1 saturated heterocycles. The maximum atomic E-state index is 5.23. The van der Waals surface area contributed by atoms with E-state index in [9.17, 15) is 0 Å². The molecule has 0 spiro atoms. The van der Waals surface area contributed by atoms with Gasteiger partial charge in [-0.2, -0.15) is 0 Å². The van der Waals surface area contributed by atoms with Crippen LogP contribution in [0.4, 0.5) is 0 Å². The minimum atomic E-state index is 0.401. The minimum absolute atomic E-state index is 0.401. The average Bonchev–Trinajstić information content (AvgIpc) is 3.01. The first-order valence-electron chi connectivity index (χ1n) is 6.84. The molecule has 1 aliphatic heterocycles. The van der Waals surface area contributed by atoms with Crippen LogP contribution in [0.25, 0.3) is 0 Å². The molecule has 20 heavy (non-hydrogen) atoms. The van der Waals surface area contributed by atoms with Gasteiger partial charge in [-0.15, -0.1) is 11.3 Å². The Bertz CT molecular complexity index is 527. The lowest BCUT2D eigenvalue weighted by Gasteiger charge is -2.36. The summed E-state index contributed by atoms with van der Waals surface area (Å²) in [4.78, 5) is 6.90. The molecule has 3 rings (SSSR count). The fraction of sp³-hybridized carbons (Fsp3) is 0.400. The monoisotopic (exact) mass is 289 g/mol. The molecular weight excluding hydrogens is 270 g/mol. The molecular formula is C15H19N3OS. The zero-order valence-electron chi connectivity index (χ0n) is 11.6. The van der Waals surface area contributed by atoms with Crippen molar-refractivity contribution < 1.29 is 4.74 Å². The van der Waals surface area contributed by atoms with Crippen molar-refractivity contribution in [2.75, 3.05) is 26.7 Å². The van der Waals surface area contributed by atoms with Crippen molar-refractivity contribution >= 4 is 11.3 Å². The van der Waals surface area contributed by atoms with Crippen molar-refractivity contribution in [2.24, 2.45) is 0 Å². The normalized spacial score (nSPS) is 19.9. The topological polar surface area (TPSA) is 37.4 Å². The minimum Gasteiger partial charge on any atom is -0.497 e. The van der Waals surface area contributed by atoms with Gasteiger partial charge < -0.3 is 10.1 Å². The summed E-state index contributed by atoms with van der Waals surface area (Å²) in [5, 5.41) is 6.71. The van der Waals surface area contributed by atoms with Crippen LogP contribution in [-0.2, 0) is 6.54 Å². The Balaban J connectivity index is 1.77. The van der Waals surface area contributed by atoms with E-state index in [1.807, 2.05) is 23.7 Å². The van der Waals surface area contributed by atoms with E-state index in [2.05, 4.69) is 27.3 Å². The van der Waals surface area contributed by atoms with E-state index in [1.165, 1.54) is 10.6 Å². The molecule has 1 atom stereocenters. The Morgan fingerprint density at radius 3 is 2.95 bits per heavy atom. The molecule has 1 aliphatic rings. The van der Waals surface area contributed by atoms with Crippen molar-refractivity contribution in [2.45, 2.75) is 12.6 Å². The zero-order valence-corrected chi connectivity index (χ0v) is 12.4. The Kier molecular flexibility index (Phi) is 4.30. The van der Waals surface area contributed by atoms with Crippen molar-refractivity contribution in [3.63, 3.8) is 0 Å². The van der Waals surface area contributed by atoms with E-state index < -0.39 is 0 Å². The molecule has 0 bridgehead atoms. The number of aromatic nitrogens is 1. The first kappa shape index (κ1) is 13.5. The highest BCUT2D eigenvalue weighted by Crippen LogP contribution is 2.26. The fourth-order valence-corrected chi connectivity index (χ4v) is 3.24. The molecule has 1 fully saturated rings. The Labute approximate surface area is 123 Å². The highest BCUT2D eigenvalue weighted by Gasteiger charge is 2.24. The van der Waals surface area contributed by atoms with Crippen molar-refractivity contribution in [3.05, 3.63) is 46.4 Å². The summed E-state index contributed by atoms with van der Waals surface area (Å²) in [6.07, 6.45) is 1.88. The quantitative estimate of drug-likeness (QED) is 0.937. The molecule has 1 N–H and O–H groups in total. The summed E-state index contributed by atoms with van der Waals surface area (Å²) < 4.78 is 5.23. The van der Waals surface area contributed by atoms with Crippen LogP contribution >= 0.6 is 11.3 Å². The molecule has 0 amide bonds. The van der Waals surface area contributed by atoms with Crippen molar-refractivity contribution in [1.29, 1.82) is 0 Å². The average molecular weight is 289 g/mol. The van der Waals surface area contributed by atoms with Crippen LogP contribution in [0.2, 0.25) is 0 Å². The van der Waals surface area contributed by atoms with Crippen LogP contribution in [0.1, 0.15) is 16.6 Å². The number of thiazole rings is 1. The predicted octanol–water partition coefficient (Wildman–Crippen LogP) is 2.30. The molecule has 5 heteroatoms.